The Morgan fingerprint density at radius 1 is 0.714 bits per heavy atom. The molecule has 2 aliphatic rings. The van der Waals surface area contributed by atoms with Gasteiger partial charge in [-0.3, -0.25) is 0 Å². The molecule has 0 spiro atoms. The maximum atomic E-state index is 12.5. The number of anilines is 3. The van der Waals surface area contributed by atoms with Gasteiger partial charge in [-0.2, -0.15) is 0 Å². The van der Waals surface area contributed by atoms with Crippen LogP contribution in [0.3, 0.4) is 0 Å². The summed E-state index contributed by atoms with van der Waals surface area (Å²) in [5, 5.41) is 3.61. The number of rotatable bonds is 3. The molecule has 0 unspecified atom stereocenters. The maximum Gasteiger partial charge on any atom is 0.321 e. The van der Waals surface area contributed by atoms with E-state index in [1.54, 1.807) is 12.1 Å². The lowest BCUT2D eigenvalue weighted by molar-refractivity contribution is 0.208. The highest BCUT2D eigenvalue weighted by atomic mass is 35.5. The van der Waals surface area contributed by atoms with E-state index in [0.717, 1.165) is 18.8 Å². The number of nitrogens with one attached hydrogen (secondary N) is 1. The van der Waals surface area contributed by atoms with Gasteiger partial charge in [0.05, 0.1) is 0 Å². The Balaban J connectivity index is 1.29. The first-order valence-electron chi connectivity index (χ1n) is 10.1. The number of urea groups is 1. The second-order valence-electron chi connectivity index (χ2n) is 7.48. The molecular formula is C22H27ClN4O. The maximum absolute atomic E-state index is 12.5. The van der Waals surface area contributed by atoms with Crippen LogP contribution in [-0.2, 0) is 0 Å². The largest absolute Gasteiger partial charge is 0.372 e. The first-order valence-corrected chi connectivity index (χ1v) is 10.5. The molecule has 148 valence electrons. The van der Waals surface area contributed by atoms with Crippen LogP contribution in [0, 0.1) is 0 Å². The van der Waals surface area contributed by atoms with Gasteiger partial charge in [-0.1, -0.05) is 11.6 Å². The molecule has 4 rings (SSSR count). The number of hydrogen-bond donors (Lipinski definition) is 1. The van der Waals surface area contributed by atoms with Crippen molar-refractivity contribution in [2.24, 2.45) is 0 Å². The summed E-state index contributed by atoms with van der Waals surface area (Å²) in [6, 6.07) is 16.1. The summed E-state index contributed by atoms with van der Waals surface area (Å²) in [6.45, 7) is 5.45. The first kappa shape index (κ1) is 18.9. The van der Waals surface area contributed by atoms with Crippen molar-refractivity contribution in [3.63, 3.8) is 0 Å². The second-order valence-corrected chi connectivity index (χ2v) is 7.91. The second kappa shape index (κ2) is 8.74. The molecule has 6 heteroatoms. The van der Waals surface area contributed by atoms with E-state index in [-0.39, 0.29) is 6.03 Å². The Labute approximate surface area is 171 Å². The number of piperidine rings is 1. The van der Waals surface area contributed by atoms with E-state index in [4.69, 9.17) is 11.6 Å². The average molecular weight is 399 g/mol. The average Bonchev–Trinajstić information content (AvgIpc) is 2.76. The van der Waals surface area contributed by atoms with Crippen LogP contribution in [0.15, 0.2) is 48.5 Å². The molecule has 2 amide bonds. The molecule has 0 saturated carbocycles. The van der Waals surface area contributed by atoms with E-state index in [0.29, 0.717) is 18.1 Å². The number of carbonyl (C=O) groups is 1. The van der Waals surface area contributed by atoms with E-state index >= 15 is 0 Å². The Hall–Kier alpha value is -2.40. The fourth-order valence-electron chi connectivity index (χ4n) is 3.93. The Morgan fingerprint density at radius 2 is 1.25 bits per heavy atom. The zero-order valence-corrected chi connectivity index (χ0v) is 16.9. The lowest BCUT2D eigenvalue weighted by Gasteiger charge is -2.36. The van der Waals surface area contributed by atoms with Crippen LogP contribution in [0.5, 0.6) is 0 Å². The number of piperazine rings is 1. The van der Waals surface area contributed by atoms with Gasteiger partial charge >= 0.3 is 6.03 Å². The van der Waals surface area contributed by atoms with E-state index in [2.05, 4.69) is 39.4 Å². The minimum absolute atomic E-state index is 0.0533. The van der Waals surface area contributed by atoms with Gasteiger partial charge in [0.2, 0.25) is 0 Å². The molecule has 5 nitrogen and oxygen atoms in total. The monoisotopic (exact) mass is 398 g/mol. The standard InChI is InChI=1S/C22H27ClN4O/c23-18-4-6-19(7-5-18)24-22(28)27-16-14-26(15-17-27)21-10-8-20(9-11-21)25-12-2-1-3-13-25/h4-11H,1-3,12-17H2,(H,24,28). The number of benzene rings is 2. The van der Waals surface area contributed by atoms with Crippen molar-refractivity contribution in [2.45, 2.75) is 19.3 Å². The van der Waals surface area contributed by atoms with Crippen LogP contribution in [0.1, 0.15) is 19.3 Å². The lowest BCUT2D eigenvalue weighted by Crippen LogP contribution is -2.50. The van der Waals surface area contributed by atoms with Crippen molar-refractivity contribution in [1.29, 1.82) is 0 Å². The van der Waals surface area contributed by atoms with Crippen molar-refractivity contribution in [2.75, 3.05) is 54.4 Å². The summed E-state index contributed by atoms with van der Waals surface area (Å²) in [4.78, 5) is 19.2. The van der Waals surface area contributed by atoms with E-state index in [1.165, 1.54) is 43.7 Å². The van der Waals surface area contributed by atoms with Crippen molar-refractivity contribution in [1.82, 2.24) is 4.90 Å². The summed E-state index contributed by atoms with van der Waals surface area (Å²) < 4.78 is 0. The highest BCUT2D eigenvalue weighted by molar-refractivity contribution is 6.30. The summed E-state index contributed by atoms with van der Waals surface area (Å²) >= 11 is 5.89. The van der Waals surface area contributed by atoms with Crippen LogP contribution >= 0.6 is 11.6 Å². The minimum Gasteiger partial charge on any atom is -0.372 e. The SMILES string of the molecule is O=C(Nc1ccc(Cl)cc1)N1CCN(c2ccc(N3CCCCC3)cc2)CC1. The minimum atomic E-state index is -0.0533. The van der Waals surface area contributed by atoms with Crippen LogP contribution in [-0.4, -0.2) is 50.2 Å². The number of hydrogen-bond acceptors (Lipinski definition) is 3. The van der Waals surface area contributed by atoms with Crippen LogP contribution < -0.4 is 15.1 Å². The van der Waals surface area contributed by atoms with Crippen LogP contribution in [0.25, 0.3) is 0 Å². The summed E-state index contributed by atoms with van der Waals surface area (Å²) in [5.74, 6) is 0. The molecule has 2 aliphatic heterocycles. The van der Waals surface area contributed by atoms with Crippen molar-refractivity contribution in [3.05, 3.63) is 53.6 Å². The van der Waals surface area contributed by atoms with Gasteiger partial charge in [-0.25, -0.2) is 4.79 Å². The van der Waals surface area contributed by atoms with Gasteiger partial charge in [0, 0.05) is 61.4 Å². The van der Waals surface area contributed by atoms with Gasteiger partial charge < -0.3 is 20.0 Å². The number of nitrogens with zero attached hydrogens (tertiary/aromatic N) is 3. The number of carbonyl (C=O) groups excluding carboxylic acids is 1. The molecule has 0 aliphatic carbocycles. The molecule has 0 radical (unpaired) electrons. The molecule has 0 bridgehead atoms. The lowest BCUT2D eigenvalue weighted by atomic mass is 10.1. The quantitative estimate of drug-likeness (QED) is 0.815. The fraction of sp³-hybridized carbons (Fsp3) is 0.409. The predicted octanol–water partition coefficient (Wildman–Crippen LogP) is 4.68. The molecule has 2 heterocycles. The third-order valence-corrected chi connectivity index (χ3v) is 5.85. The highest BCUT2D eigenvalue weighted by Crippen LogP contribution is 2.24. The smallest absolute Gasteiger partial charge is 0.321 e. The van der Waals surface area contributed by atoms with E-state index in [9.17, 15) is 4.79 Å². The molecule has 2 aromatic rings. The van der Waals surface area contributed by atoms with Crippen LogP contribution in [0.4, 0.5) is 21.9 Å². The van der Waals surface area contributed by atoms with Gasteiger partial charge in [-0.15, -0.1) is 0 Å². The third kappa shape index (κ3) is 4.53. The molecule has 0 aromatic heterocycles. The van der Waals surface area contributed by atoms with Gasteiger partial charge in [0.1, 0.15) is 0 Å². The fourth-order valence-corrected chi connectivity index (χ4v) is 4.06. The Morgan fingerprint density at radius 3 is 1.82 bits per heavy atom. The molecule has 1 N–H and O–H groups in total. The summed E-state index contributed by atoms with van der Waals surface area (Å²) in [5.41, 5.74) is 3.33. The number of amides is 2. The molecule has 2 fully saturated rings. The zero-order chi connectivity index (χ0) is 19.3. The van der Waals surface area contributed by atoms with Gasteiger partial charge in [0.15, 0.2) is 0 Å². The normalized spacial score (nSPS) is 17.5. The molecular weight excluding hydrogens is 372 g/mol. The van der Waals surface area contributed by atoms with E-state index in [1.807, 2.05) is 17.0 Å². The zero-order valence-electron chi connectivity index (χ0n) is 16.1. The molecule has 2 aromatic carbocycles. The molecule has 2 saturated heterocycles. The molecule has 0 atom stereocenters. The van der Waals surface area contributed by atoms with Crippen molar-refractivity contribution >= 4 is 34.7 Å². The summed E-state index contributed by atoms with van der Waals surface area (Å²) in [7, 11) is 0. The number of halogens is 1. The highest BCUT2D eigenvalue weighted by Gasteiger charge is 2.21. The van der Waals surface area contributed by atoms with Crippen molar-refractivity contribution in [3.8, 4) is 0 Å². The molecule has 28 heavy (non-hydrogen) atoms. The van der Waals surface area contributed by atoms with E-state index < -0.39 is 0 Å². The third-order valence-electron chi connectivity index (χ3n) is 5.60. The Bertz CT molecular complexity index is 779. The Kier molecular flexibility index (Phi) is 5.91. The van der Waals surface area contributed by atoms with Crippen molar-refractivity contribution < 1.29 is 4.79 Å². The predicted molar refractivity (Wildman–Crippen MR) is 117 cm³/mol. The summed E-state index contributed by atoms with van der Waals surface area (Å²) in [6.07, 6.45) is 3.94. The van der Waals surface area contributed by atoms with Gasteiger partial charge in [-0.05, 0) is 67.8 Å². The topological polar surface area (TPSA) is 38.8 Å². The first-order chi connectivity index (χ1) is 13.7. The van der Waals surface area contributed by atoms with Crippen LogP contribution in [0.2, 0.25) is 5.02 Å². The van der Waals surface area contributed by atoms with Gasteiger partial charge in [0.25, 0.3) is 0 Å².